The first kappa shape index (κ1) is 53.3. The van der Waals surface area contributed by atoms with E-state index in [1.165, 1.54) is 11.8 Å². The molecule has 2 aliphatic heterocycles. The first-order valence-corrected chi connectivity index (χ1v) is 23.5. The molecule has 4 unspecified atom stereocenters. The van der Waals surface area contributed by atoms with Crippen LogP contribution in [0, 0.1) is 0 Å². The Labute approximate surface area is 391 Å². The molecular formula is C44H65N7O15S. The Balaban J connectivity index is 0.978. The number of carbonyl (C=O) groups is 4. The number of nitrogens with zero attached hydrogens (tertiary/aromatic N) is 1. The summed E-state index contributed by atoms with van der Waals surface area (Å²) in [6.07, 6.45) is -3.01. The molecule has 5 rings (SSSR count). The molecular weight excluding hydrogens is 899 g/mol. The summed E-state index contributed by atoms with van der Waals surface area (Å²) in [5.74, 6) is -2.11. The first-order chi connectivity index (χ1) is 32.0. The lowest BCUT2D eigenvalue weighted by atomic mass is 10.0. The number of aromatic amines is 2. The molecule has 2 amide bonds. The van der Waals surface area contributed by atoms with Gasteiger partial charge in [-0.15, -0.1) is 0 Å². The van der Waals surface area contributed by atoms with Crippen LogP contribution >= 0.6 is 11.8 Å². The predicted molar refractivity (Wildman–Crippen MR) is 244 cm³/mol. The highest BCUT2D eigenvalue weighted by Crippen LogP contribution is 2.28. The van der Waals surface area contributed by atoms with Crippen LogP contribution in [0.15, 0.2) is 35.3 Å². The summed E-state index contributed by atoms with van der Waals surface area (Å²) in [6, 6.07) is 4.64. The van der Waals surface area contributed by atoms with Gasteiger partial charge in [-0.2, -0.15) is 16.7 Å². The van der Waals surface area contributed by atoms with Crippen LogP contribution in [-0.4, -0.2) is 176 Å². The largest absolute Gasteiger partial charge is 0.480 e. The number of carbonyl (C=O) groups excluding carboxylic acids is 3. The van der Waals surface area contributed by atoms with Crippen LogP contribution in [-0.2, 0) is 50.9 Å². The zero-order valence-electron chi connectivity index (χ0n) is 37.9. The van der Waals surface area contributed by atoms with Gasteiger partial charge in [-0.3, -0.25) is 24.2 Å². The van der Waals surface area contributed by atoms with E-state index in [1.54, 1.807) is 30.5 Å². The Morgan fingerprint density at radius 3 is 2.51 bits per heavy atom. The molecule has 2 fully saturated rings. The van der Waals surface area contributed by atoms with E-state index in [0.717, 1.165) is 17.5 Å². The van der Waals surface area contributed by atoms with Crippen LogP contribution in [0.1, 0.15) is 74.4 Å². The number of nitrogens with one attached hydrogen (secondary N) is 5. The maximum absolute atomic E-state index is 13.4. The summed E-state index contributed by atoms with van der Waals surface area (Å²) in [5.41, 5.74) is 7.16. The van der Waals surface area contributed by atoms with Crippen molar-refractivity contribution in [3.63, 3.8) is 0 Å². The SMILES string of the molecule is CCC(C)(C)N[C@H](CSCC1OCC(O)C[C@@H]1O[C@@H]1OC(CO)[C@@H](O)CC1O)C(=O)NCCOCCOC(=O)CC[C@H](NC(=O)c1ccc(CCc2c[nH]c3nc(N)[nH]c(=O)c23)cc1)C(=O)O. The van der Waals surface area contributed by atoms with Gasteiger partial charge >= 0.3 is 11.9 Å². The third-order valence-corrected chi connectivity index (χ3v) is 12.7. The number of aliphatic carboxylic acids is 1. The van der Waals surface area contributed by atoms with Crippen LogP contribution in [0.3, 0.4) is 0 Å². The van der Waals surface area contributed by atoms with Gasteiger partial charge in [0.1, 0.15) is 30.5 Å². The van der Waals surface area contributed by atoms with E-state index in [9.17, 15) is 49.5 Å². The Bertz CT molecular complexity index is 2140. The van der Waals surface area contributed by atoms with Crippen LogP contribution in [0.2, 0.25) is 0 Å². The lowest BCUT2D eigenvalue weighted by molar-refractivity contribution is -0.299. The van der Waals surface area contributed by atoms with Crippen molar-refractivity contribution in [3.05, 3.63) is 57.5 Å². The smallest absolute Gasteiger partial charge is 0.326 e. The van der Waals surface area contributed by atoms with Crippen molar-refractivity contribution in [2.75, 3.05) is 56.8 Å². The monoisotopic (exact) mass is 963 g/mol. The zero-order chi connectivity index (χ0) is 48.7. The summed E-state index contributed by atoms with van der Waals surface area (Å²) in [5, 5.41) is 59.2. The number of carboxylic acids is 1. The van der Waals surface area contributed by atoms with E-state index in [0.29, 0.717) is 35.4 Å². The van der Waals surface area contributed by atoms with Crippen molar-refractivity contribution < 1.29 is 68.4 Å². The lowest BCUT2D eigenvalue weighted by Crippen LogP contribution is -2.55. The molecule has 12 N–H and O–H groups in total. The number of fused-ring (bicyclic) bond motifs is 1. The summed E-state index contributed by atoms with van der Waals surface area (Å²) in [4.78, 5) is 72.5. The van der Waals surface area contributed by atoms with Gasteiger partial charge in [-0.25, -0.2) is 4.79 Å². The number of aliphatic hydroxyl groups is 4. The van der Waals surface area contributed by atoms with Gasteiger partial charge in [-0.05, 0) is 62.8 Å². The number of hydrogen-bond donors (Lipinski definition) is 11. The number of H-pyrrole nitrogens is 2. The number of aryl methyl sites for hydroxylation is 2. The van der Waals surface area contributed by atoms with Crippen molar-refractivity contribution >= 4 is 52.5 Å². The topological polar surface area (TPSA) is 339 Å². The number of nitrogen functional groups attached to an aromatic ring is 1. The second-order valence-corrected chi connectivity index (χ2v) is 18.3. The normalized spacial score (nSPS) is 23.1. The number of benzene rings is 1. The summed E-state index contributed by atoms with van der Waals surface area (Å²) < 4.78 is 28.2. The molecule has 67 heavy (non-hydrogen) atoms. The highest BCUT2D eigenvalue weighted by atomic mass is 32.2. The Kier molecular flexibility index (Phi) is 20.4. The highest BCUT2D eigenvalue weighted by Gasteiger charge is 2.41. The number of amides is 2. The maximum Gasteiger partial charge on any atom is 0.326 e. The minimum absolute atomic E-state index is 0.0138. The first-order valence-electron chi connectivity index (χ1n) is 22.4. The van der Waals surface area contributed by atoms with E-state index in [1.807, 2.05) is 20.8 Å². The average Bonchev–Trinajstić information content (AvgIpc) is 3.70. The molecule has 23 heteroatoms. The van der Waals surface area contributed by atoms with Crippen molar-refractivity contribution in [3.8, 4) is 0 Å². The van der Waals surface area contributed by atoms with Crippen LogP contribution in [0.25, 0.3) is 11.0 Å². The van der Waals surface area contributed by atoms with Gasteiger partial charge < -0.3 is 75.9 Å². The van der Waals surface area contributed by atoms with E-state index in [2.05, 4.69) is 30.9 Å². The van der Waals surface area contributed by atoms with Gasteiger partial charge in [0.25, 0.3) is 11.5 Å². The minimum Gasteiger partial charge on any atom is -0.480 e. The Hall–Kier alpha value is -4.69. The van der Waals surface area contributed by atoms with Crippen LogP contribution in [0.4, 0.5) is 5.95 Å². The number of hydrogen-bond acceptors (Lipinski definition) is 18. The number of rotatable bonds is 26. The van der Waals surface area contributed by atoms with E-state index in [-0.39, 0.29) is 87.2 Å². The maximum atomic E-state index is 13.4. The lowest BCUT2D eigenvalue weighted by Gasteiger charge is -2.41. The van der Waals surface area contributed by atoms with Crippen molar-refractivity contribution in [2.45, 2.75) is 126 Å². The van der Waals surface area contributed by atoms with Gasteiger partial charge in [-0.1, -0.05) is 19.1 Å². The van der Waals surface area contributed by atoms with Gasteiger partial charge in [0.15, 0.2) is 6.29 Å². The van der Waals surface area contributed by atoms with Gasteiger partial charge in [0.2, 0.25) is 11.9 Å². The Morgan fingerprint density at radius 2 is 1.79 bits per heavy atom. The second-order valence-electron chi connectivity index (χ2n) is 17.2. The number of esters is 1. The molecule has 0 spiro atoms. The fourth-order valence-corrected chi connectivity index (χ4v) is 8.60. The van der Waals surface area contributed by atoms with E-state index >= 15 is 0 Å². The standard InChI is InChI=1S/C44H65N7O15S/c1-4-44(2,3)51-29(22-67-23-34-32(17-27(53)21-64-34)65-42-31(55)18-30(54)33(20-52)66-42)39(58)46-13-14-62-15-16-63-35(56)12-11-28(41(60)61)48-38(57)25-8-5-24(6-9-25)7-10-26-19-47-37-36(26)40(59)50-43(45)49-37/h5-6,8-9,19,27-34,42,51-55H,4,7,10-18,20-23H2,1-3H3,(H,46,58)(H,48,57)(H,60,61)(H4,45,47,49,50,59)/t27?,28-,29+,30-,31?,32-,33?,34?,42+/m0/s1. The molecule has 0 radical (unpaired) electrons. The number of carboxylic acid groups (broad SMARTS) is 1. The predicted octanol–water partition coefficient (Wildman–Crippen LogP) is -0.498. The third kappa shape index (κ3) is 16.2. The van der Waals surface area contributed by atoms with Crippen molar-refractivity contribution in [1.29, 1.82) is 0 Å². The zero-order valence-corrected chi connectivity index (χ0v) is 38.8. The van der Waals surface area contributed by atoms with Crippen LogP contribution < -0.4 is 27.2 Å². The molecule has 2 aliphatic rings. The summed E-state index contributed by atoms with van der Waals surface area (Å²) in [6.45, 7) is 5.80. The summed E-state index contributed by atoms with van der Waals surface area (Å²) in [7, 11) is 0. The van der Waals surface area contributed by atoms with E-state index < -0.39 is 79.5 Å². The quantitative estimate of drug-likeness (QED) is 0.0357. The fourth-order valence-electron chi connectivity index (χ4n) is 7.45. The molecule has 1 aromatic carbocycles. The van der Waals surface area contributed by atoms with Gasteiger partial charge in [0, 0.05) is 54.6 Å². The van der Waals surface area contributed by atoms with Crippen molar-refractivity contribution in [1.82, 2.24) is 30.9 Å². The molecule has 4 heterocycles. The molecule has 3 aromatic rings. The summed E-state index contributed by atoms with van der Waals surface area (Å²) >= 11 is 1.45. The number of aromatic nitrogens is 3. The molecule has 2 aromatic heterocycles. The van der Waals surface area contributed by atoms with Crippen LogP contribution in [0.5, 0.6) is 0 Å². The molecule has 372 valence electrons. The molecule has 9 atom stereocenters. The average molecular weight is 964 g/mol. The highest BCUT2D eigenvalue weighted by molar-refractivity contribution is 7.99. The molecule has 0 aliphatic carbocycles. The minimum atomic E-state index is -1.35. The number of aliphatic hydroxyl groups excluding tert-OH is 4. The molecule has 22 nitrogen and oxygen atoms in total. The molecule has 0 bridgehead atoms. The third-order valence-electron chi connectivity index (χ3n) is 11.6. The second kappa shape index (κ2) is 25.6. The van der Waals surface area contributed by atoms with Crippen molar-refractivity contribution in [2.24, 2.45) is 0 Å². The fraction of sp³-hybridized carbons (Fsp3) is 0.636. The van der Waals surface area contributed by atoms with E-state index in [4.69, 9.17) is 29.4 Å². The van der Waals surface area contributed by atoms with Gasteiger partial charge in [0.05, 0.1) is 62.3 Å². The Morgan fingerprint density at radius 1 is 1.03 bits per heavy atom. The number of anilines is 1. The molecule has 2 saturated heterocycles. The number of thioether (sulfide) groups is 1. The number of ether oxygens (including phenoxy) is 5. The number of nitrogens with two attached hydrogens (primary N) is 1. The molecule has 0 saturated carbocycles.